The average molecular weight is 1790 g/mol. The molecule has 3 aliphatic heterocycles. The minimum absolute atomic E-state index is 0.000165. The largest absolute Gasteiger partial charge is 0.380 e. The highest BCUT2D eigenvalue weighted by molar-refractivity contribution is 7.99. The SMILES string of the molecule is CC1COCC(P(=O)(O)O)C1.CC1NCCCC1P(=O)(O)O.CCC/C=C/CCP(=O)(O)O.CCCC#CCCP(=O)(O)O.CCCCCCCP(=O)(O)O.O=P(O)(O)CCCCC1CCCCC1.O=P(O)(O)CCCCC1CCCSC1.O=P(O)(O)CCCCc1ccccc1.O=P(O)(O)CCCCc1cccs1. The van der Waals surface area contributed by atoms with E-state index < -0.39 is 79.7 Å². The summed E-state index contributed by atoms with van der Waals surface area (Å²) in [6, 6.07) is 13.9. The van der Waals surface area contributed by atoms with Crippen LogP contribution in [0.25, 0.3) is 0 Å². The van der Waals surface area contributed by atoms with Crippen molar-refractivity contribution < 1.29 is 134 Å². The van der Waals surface area contributed by atoms with Crippen molar-refractivity contribution in [3.8, 4) is 11.8 Å². The number of ether oxygens (including phenoxy) is 1. The predicted octanol–water partition coefficient (Wildman–Crippen LogP) is 16.1. The molecule has 2 aromatic rings. The lowest BCUT2D eigenvalue weighted by atomic mass is 9.86. The molecular formula is C70H140NO28P9S2. The van der Waals surface area contributed by atoms with Gasteiger partial charge in [-0.2, -0.15) is 11.8 Å². The van der Waals surface area contributed by atoms with Crippen LogP contribution in [0.4, 0.5) is 0 Å². The molecule has 1 aromatic heterocycles. The molecule has 6 rings (SSSR count). The monoisotopic (exact) mass is 1790 g/mol. The maximum absolute atomic E-state index is 10.9. The van der Waals surface area contributed by atoms with Crippen LogP contribution in [0, 0.1) is 29.6 Å². The van der Waals surface area contributed by atoms with Gasteiger partial charge in [-0.15, -0.1) is 23.2 Å². The van der Waals surface area contributed by atoms with Crippen molar-refractivity contribution in [1.29, 1.82) is 0 Å². The number of unbranched alkanes of at least 4 members (excludes halogenated alkanes) is 10. The van der Waals surface area contributed by atoms with Crippen LogP contribution in [0.1, 0.15) is 244 Å². The Morgan fingerprint density at radius 2 is 0.936 bits per heavy atom. The molecule has 4 fully saturated rings. The Hall–Kier alpha value is -0.160. The third-order valence-corrected chi connectivity index (χ3v) is 28.4. The van der Waals surface area contributed by atoms with Gasteiger partial charge in [0.15, 0.2) is 0 Å². The second-order valence-corrected chi connectivity index (χ2v) is 46.6. The van der Waals surface area contributed by atoms with Crippen LogP contribution in [0.3, 0.4) is 0 Å². The lowest BCUT2D eigenvalue weighted by Gasteiger charge is -2.30. The first-order valence-electron chi connectivity index (χ1n) is 38.5. The van der Waals surface area contributed by atoms with Crippen LogP contribution < -0.4 is 5.32 Å². The summed E-state index contributed by atoms with van der Waals surface area (Å²) in [6.07, 6.45) is 35.2. The number of allylic oxidation sites excluding steroid dienone is 2. The zero-order chi connectivity index (χ0) is 84.3. The predicted molar refractivity (Wildman–Crippen MR) is 447 cm³/mol. The van der Waals surface area contributed by atoms with Gasteiger partial charge < -0.3 is 98.1 Å². The number of nitrogens with one attached hydrogen (secondary N) is 1. The van der Waals surface area contributed by atoms with Gasteiger partial charge in [-0.25, -0.2) is 0 Å². The van der Waals surface area contributed by atoms with Crippen LogP contribution >= 0.6 is 91.5 Å². The number of piperidine rings is 1. The maximum atomic E-state index is 10.9. The van der Waals surface area contributed by atoms with Gasteiger partial charge in [-0.1, -0.05) is 160 Å². The summed E-state index contributed by atoms with van der Waals surface area (Å²) >= 11 is 3.70. The fourth-order valence-electron chi connectivity index (χ4n) is 11.2. The van der Waals surface area contributed by atoms with Crippen molar-refractivity contribution in [1.82, 2.24) is 5.32 Å². The Balaban J connectivity index is -0.00000117. The van der Waals surface area contributed by atoms with Crippen LogP contribution in [0.15, 0.2) is 60.0 Å². The van der Waals surface area contributed by atoms with Gasteiger partial charge in [-0.05, 0) is 175 Å². The van der Waals surface area contributed by atoms with E-state index in [0.29, 0.717) is 64.4 Å². The minimum Gasteiger partial charge on any atom is -0.380 e. The summed E-state index contributed by atoms with van der Waals surface area (Å²) in [5.74, 6) is 9.95. The molecule has 40 heteroatoms. The number of hydrogen-bond acceptors (Lipinski definition) is 13. The van der Waals surface area contributed by atoms with Crippen molar-refractivity contribution in [3.63, 3.8) is 0 Å². The molecule has 5 atom stereocenters. The van der Waals surface area contributed by atoms with Gasteiger partial charge >= 0.3 is 68.4 Å². The van der Waals surface area contributed by atoms with Gasteiger partial charge in [0.2, 0.25) is 0 Å². The summed E-state index contributed by atoms with van der Waals surface area (Å²) in [5, 5.41) is 5.06. The summed E-state index contributed by atoms with van der Waals surface area (Å²) in [4.78, 5) is 156. The normalized spacial score (nSPS) is 18.7. The van der Waals surface area contributed by atoms with Crippen LogP contribution in [0.5, 0.6) is 0 Å². The number of benzene rings is 1. The summed E-state index contributed by atoms with van der Waals surface area (Å²) in [6.45, 7) is 11.6. The molecule has 110 heavy (non-hydrogen) atoms. The van der Waals surface area contributed by atoms with E-state index in [0.717, 1.165) is 115 Å². The second kappa shape index (κ2) is 65.7. The quantitative estimate of drug-likeness (QED) is 0.0130. The standard InChI is InChI=1S/C10H21O3P.C10H15O3P.C9H19O3PS.C8H13O3PS.C7H17O3P.C7H15O3P.C7H13O3P.C6H14NO3P.C6H13O4P/c2*11-14(12,13)9-5-4-8-10-6-2-1-3-7-10;10-13(11,12)6-2-1-4-9-5-3-7-14-8-9;9-12(10,11)6-2-1-4-8-5-3-7-13-8;3*1-2-3-4-5-6-7-11(8,9)10;1-5-6(11(8,9)10)3-2-4-7-5;1-5-2-6(4-10-3-5)11(7,8)9/h10H,1-9H2,(H2,11,12,13);1-3,6-7H,4-5,8-9H2,(H2,11,12,13);9H,1-8H2,(H2,10,11,12);3,5,7H,1-2,4,6H2,(H2,9,10,11);2-7H2,1H3,(H2,8,9,10);4-5H,2-3,6-7H2,1H3,(H2,8,9,10);2-3,6-7H2,1H3,(H2,8,9,10);5-7H,2-4H2,1H3,(H2,8,9,10);5-6H,2-4H2,1H3,(H2,7,8,9)/b;;;;;5-4+;;;. The molecule has 0 bridgehead atoms. The second-order valence-electron chi connectivity index (χ2n) is 28.3. The van der Waals surface area contributed by atoms with Gasteiger partial charge in [0.25, 0.3) is 0 Å². The van der Waals surface area contributed by atoms with Gasteiger partial charge in [0.05, 0.1) is 30.2 Å². The topological polar surface area (TPSA) is 539 Å². The summed E-state index contributed by atoms with van der Waals surface area (Å²) in [5.41, 5.74) is 0.167. The van der Waals surface area contributed by atoms with E-state index in [2.05, 4.69) is 31.0 Å². The third kappa shape index (κ3) is 85.7. The lowest BCUT2D eigenvalue weighted by molar-refractivity contribution is 0.0582. The van der Waals surface area contributed by atoms with Crippen molar-refractivity contribution in [2.75, 3.05) is 74.4 Å². The lowest BCUT2D eigenvalue weighted by Crippen LogP contribution is -2.42. The molecule has 650 valence electrons. The van der Waals surface area contributed by atoms with E-state index >= 15 is 0 Å². The van der Waals surface area contributed by atoms with Crippen molar-refractivity contribution in [2.45, 2.75) is 264 Å². The van der Waals surface area contributed by atoms with Gasteiger partial charge in [0, 0.05) is 61.2 Å². The average Bonchev–Trinajstić information content (AvgIpc) is 0.940. The minimum atomic E-state index is -3.90. The molecular weight excluding hydrogens is 1650 g/mol. The molecule has 5 unspecified atom stereocenters. The van der Waals surface area contributed by atoms with E-state index in [1.165, 1.54) is 79.7 Å². The fourth-order valence-corrected chi connectivity index (χ4v) is 19.3. The highest BCUT2D eigenvalue weighted by Gasteiger charge is 2.35. The molecule has 4 aliphatic rings. The summed E-state index contributed by atoms with van der Waals surface area (Å²) < 4.78 is 99.8. The molecule has 0 radical (unpaired) electrons. The van der Waals surface area contributed by atoms with Gasteiger partial charge in [-0.3, -0.25) is 41.1 Å². The van der Waals surface area contributed by atoms with Crippen molar-refractivity contribution >= 4 is 91.5 Å². The summed E-state index contributed by atoms with van der Waals surface area (Å²) in [7, 11) is -34.1. The Morgan fingerprint density at radius 1 is 0.455 bits per heavy atom. The first-order valence-corrected chi connectivity index (χ1v) is 56.5. The number of rotatable bonds is 36. The fraction of sp³-hybridized carbons (Fsp3) is 0.800. The molecule has 19 N–H and O–H groups in total. The number of thioether (sulfide) groups is 1. The Labute approximate surface area is 665 Å². The van der Waals surface area contributed by atoms with Gasteiger partial charge in [0.1, 0.15) is 0 Å². The van der Waals surface area contributed by atoms with E-state index in [9.17, 15) is 41.1 Å². The molecule has 29 nitrogen and oxygen atoms in total. The van der Waals surface area contributed by atoms with E-state index in [1.54, 1.807) is 11.3 Å². The first kappa shape index (κ1) is 114. The number of thiophene rings is 1. The number of aryl methyl sites for hydroxylation is 2. The highest BCUT2D eigenvalue weighted by atomic mass is 32.2. The number of hydrogen-bond donors (Lipinski definition) is 19. The Kier molecular flexibility index (Phi) is 68.0. The molecule has 0 amide bonds. The molecule has 0 spiro atoms. The Morgan fingerprint density at radius 3 is 1.36 bits per heavy atom. The van der Waals surface area contributed by atoms with E-state index in [1.807, 2.05) is 92.5 Å². The van der Waals surface area contributed by atoms with Crippen LogP contribution in [0.2, 0.25) is 0 Å². The van der Waals surface area contributed by atoms with E-state index in [4.69, 9.17) is 92.8 Å². The zero-order valence-corrected chi connectivity index (χ0v) is 75.2. The maximum Gasteiger partial charge on any atom is 0.330 e. The highest BCUT2D eigenvalue weighted by Crippen LogP contribution is 2.47. The molecule has 1 saturated carbocycles. The molecule has 4 heterocycles. The van der Waals surface area contributed by atoms with E-state index in [-0.39, 0.29) is 61.7 Å². The smallest absolute Gasteiger partial charge is 0.330 e. The van der Waals surface area contributed by atoms with Crippen molar-refractivity contribution in [3.05, 3.63) is 70.4 Å². The Bertz CT molecular complexity index is 3060. The molecule has 1 aliphatic carbocycles. The van der Waals surface area contributed by atoms with Crippen molar-refractivity contribution in [2.24, 2.45) is 17.8 Å². The molecule has 3 saturated heterocycles. The van der Waals surface area contributed by atoms with Crippen LogP contribution in [-0.4, -0.2) is 180 Å². The third-order valence-electron chi connectivity index (χ3n) is 17.1. The molecule has 1 aromatic carbocycles. The first-order chi connectivity index (χ1) is 51.0. The van der Waals surface area contributed by atoms with Crippen LogP contribution in [-0.2, 0) is 58.7 Å². The zero-order valence-electron chi connectivity index (χ0n) is 65.5.